The Morgan fingerprint density at radius 1 is 1.08 bits per heavy atom. The van der Waals surface area contributed by atoms with Gasteiger partial charge < -0.3 is 29.1 Å². The first-order valence-corrected chi connectivity index (χ1v) is 12.4. The number of amides is 2. The molecule has 3 aliphatic heterocycles. The minimum atomic E-state index is -1.12. The summed E-state index contributed by atoms with van der Waals surface area (Å²) in [5.41, 5.74) is 1.69. The Labute approximate surface area is 210 Å². The van der Waals surface area contributed by atoms with Gasteiger partial charge in [-0.3, -0.25) is 9.59 Å². The molecule has 0 unspecified atom stereocenters. The SMILES string of the molecule is O=C(CN1Cc2ccccc2C[C@@]2(COC(c3ccc(OCCCO)cc3)=N2)C1=O)N1CCOCC1. The molecule has 0 saturated carbocycles. The Morgan fingerprint density at radius 2 is 1.83 bits per heavy atom. The van der Waals surface area contributed by atoms with Gasteiger partial charge in [0.1, 0.15) is 18.9 Å². The highest BCUT2D eigenvalue weighted by Gasteiger charge is 2.49. The van der Waals surface area contributed by atoms with Crippen LogP contribution in [0.15, 0.2) is 53.5 Å². The molecule has 0 aliphatic carbocycles. The van der Waals surface area contributed by atoms with Crippen molar-refractivity contribution in [3.8, 4) is 5.75 Å². The number of benzene rings is 2. The summed E-state index contributed by atoms with van der Waals surface area (Å²) >= 11 is 0. The number of carbonyl (C=O) groups is 2. The zero-order chi connectivity index (χ0) is 25.0. The van der Waals surface area contributed by atoms with Crippen molar-refractivity contribution in [3.05, 3.63) is 65.2 Å². The Morgan fingerprint density at radius 3 is 2.58 bits per heavy atom. The lowest BCUT2D eigenvalue weighted by Crippen LogP contribution is -2.52. The molecule has 9 nitrogen and oxygen atoms in total. The van der Waals surface area contributed by atoms with E-state index in [2.05, 4.69) is 0 Å². The number of hydrogen-bond acceptors (Lipinski definition) is 7. The fourth-order valence-electron chi connectivity index (χ4n) is 4.79. The van der Waals surface area contributed by atoms with Crippen LogP contribution in [0.1, 0.15) is 23.1 Å². The fourth-order valence-corrected chi connectivity index (χ4v) is 4.79. The fraction of sp³-hybridized carbons (Fsp3) is 0.444. The van der Waals surface area contributed by atoms with Crippen molar-refractivity contribution in [2.75, 3.05) is 52.7 Å². The van der Waals surface area contributed by atoms with Gasteiger partial charge in [0, 0.05) is 44.6 Å². The number of aliphatic imine (C=N–C) groups is 1. The van der Waals surface area contributed by atoms with Crippen LogP contribution in [-0.2, 0) is 32.0 Å². The molecule has 2 aromatic carbocycles. The first kappa shape index (κ1) is 24.3. The molecule has 2 amide bonds. The third kappa shape index (κ3) is 5.08. The van der Waals surface area contributed by atoms with E-state index in [4.69, 9.17) is 24.3 Å². The van der Waals surface area contributed by atoms with E-state index in [1.807, 2.05) is 48.5 Å². The van der Waals surface area contributed by atoms with Crippen LogP contribution < -0.4 is 4.74 Å². The highest BCUT2D eigenvalue weighted by Crippen LogP contribution is 2.33. The van der Waals surface area contributed by atoms with Crippen LogP contribution in [-0.4, -0.2) is 90.8 Å². The number of hydrogen-bond donors (Lipinski definition) is 1. The van der Waals surface area contributed by atoms with E-state index in [-0.39, 0.29) is 31.6 Å². The van der Waals surface area contributed by atoms with Gasteiger partial charge in [0.05, 0.1) is 19.8 Å². The summed E-state index contributed by atoms with van der Waals surface area (Å²) in [4.78, 5) is 35.2. The number of nitrogens with zero attached hydrogens (tertiary/aromatic N) is 3. The molecule has 1 atom stereocenters. The molecule has 36 heavy (non-hydrogen) atoms. The van der Waals surface area contributed by atoms with Crippen LogP contribution in [0.5, 0.6) is 5.75 Å². The van der Waals surface area contributed by atoms with Crippen molar-refractivity contribution >= 4 is 17.7 Å². The summed E-state index contributed by atoms with van der Waals surface area (Å²) in [7, 11) is 0. The van der Waals surface area contributed by atoms with E-state index in [9.17, 15) is 9.59 Å². The largest absolute Gasteiger partial charge is 0.494 e. The van der Waals surface area contributed by atoms with E-state index in [1.165, 1.54) is 0 Å². The molecule has 1 spiro atoms. The van der Waals surface area contributed by atoms with Gasteiger partial charge >= 0.3 is 0 Å². The third-order valence-corrected chi connectivity index (χ3v) is 6.77. The Hall–Kier alpha value is -3.43. The molecule has 1 N–H and O–H groups in total. The summed E-state index contributed by atoms with van der Waals surface area (Å²) in [6, 6.07) is 15.3. The monoisotopic (exact) mass is 493 g/mol. The number of morpholine rings is 1. The molecule has 9 heteroatoms. The summed E-state index contributed by atoms with van der Waals surface area (Å²) in [5, 5.41) is 8.92. The molecule has 3 heterocycles. The maximum atomic E-state index is 13.9. The van der Waals surface area contributed by atoms with Gasteiger partial charge in [0.15, 0.2) is 5.54 Å². The molecular formula is C27H31N3O6. The van der Waals surface area contributed by atoms with Crippen molar-refractivity contribution < 1.29 is 28.9 Å². The lowest BCUT2D eigenvalue weighted by molar-refractivity contribution is -0.146. The van der Waals surface area contributed by atoms with Crippen molar-refractivity contribution in [3.63, 3.8) is 0 Å². The Balaban J connectivity index is 1.40. The second-order valence-corrected chi connectivity index (χ2v) is 9.29. The Bertz CT molecular complexity index is 1130. The van der Waals surface area contributed by atoms with Crippen molar-refractivity contribution in [2.45, 2.75) is 24.9 Å². The zero-order valence-electron chi connectivity index (χ0n) is 20.2. The third-order valence-electron chi connectivity index (χ3n) is 6.77. The lowest BCUT2D eigenvalue weighted by Gasteiger charge is -2.32. The second kappa shape index (κ2) is 10.7. The molecule has 5 rings (SSSR count). The number of aliphatic hydroxyl groups excluding tert-OH is 1. The number of rotatable bonds is 7. The standard InChI is InChI=1S/C27H31N3O6/c31-12-3-13-35-23-8-6-20(7-9-23)25-28-27(19-36-25)16-21-4-1-2-5-22(21)17-30(26(27)33)18-24(32)29-10-14-34-15-11-29/h1-2,4-9,31H,3,10-19H2/t27-/m1/s1. The molecule has 0 bridgehead atoms. The number of aliphatic hydroxyl groups is 1. The molecule has 190 valence electrons. The number of carbonyl (C=O) groups excluding carboxylic acids is 2. The highest BCUT2D eigenvalue weighted by atomic mass is 16.5. The molecule has 3 aliphatic rings. The van der Waals surface area contributed by atoms with Crippen molar-refractivity contribution in [1.82, 2.24) is 9.80 Å². The number of fused-ring (bicyclic) bond motifs is 1. The van der Waals surface area contributed by atoms with E-state index in [0.717, 1.165) is 16.7 Å². The van der Waals surface area contributed by atoms with Gasteiger partial charge in [-0.25, -0.2) is 4.99 Å². The maximum absolute atomic E-state index is 13.9. The van der Waals surface area contributed by atoms with Gasteiger partial charge in [0.2, 0.25) is 11.8 Å². The summed E-state index contributed by atoms with van der Waals surface area (Å²) < 4.78 is 17.0. The van der Waals surface area contributed by atoms with Crippen LogP contribution in [0.4, 0.5) is 0 Å². The Kier molecular flexibility index (Phi) is 7.20. The van der Waals surface area contributed by atoms with Crippen molar-refractivity contribution in [2.24, 2.45) is 4.99 Å². The van der Waals surface area contributed by atoms with Gasteiger partial charge in [0.25, 0.3) is 5.91 Å². The summed E-state index contributed by atoms with van der Waals surface area (Å²) in [6.07, 6.45) is 0.977. The molecule has 2 aromatic rings. The van der Waals surface area contributed by atoms with Crippen LogP contribution in [0, 0.1) is 0 Å². The van der Waals surface area contributed by atoms with Crippen molar-refractivity contribution in [1.29, 1.82) is 0 Å². The highest BCUT2D eigenvalue weighted by molar-refractivity contribution is 6.01. The average molecular weight is 494 g/mol. The van der Waals surface area contributed by atoms with Gasteiger partial charge in [-0.05, 0) is 35.4 Å². The van der Waals surface area contributed by atoms with E-state index in [1.54, 1.807) is 9.80 Å². The molecule has 0 aromatic heterocycles. The quantitative estimate of drug-likeness (QED) is 0.586. The van der Waals surface area contributed by atoms with Crippen LogP contribution in [0.25, 0.3) is 0 Å². The van der Waals surface area contributed by atoms with Gasteiger partial charge in [-0.1, -0.05) is 24.3 Å². The van der Waals surface area contributed by atoms with Crippen LogP contribution >= 0.6 is 0 Å². The normalized spacial score (nSPS) is 21.6. The topological polar surface area (TPSA) is 101 Å². The molecule has 1 saturated heterocycles. The van der Waals surface area contributed by atoms with E-state index in [0.29, 0.717) is 63.9 Å². The maximum Gasteiger partial charge on any atom is 0.255 e. The molecular weight excluding hydrogens is 462 g/mol. The minimum absolute atomic E-state index is 0.000350. The van der Waals surface area contributed by atoms with E-state index >= 15 is 0 Å². The number of ether oxygens (including phenoxy) is 3. The minimum Gasteiger partial charge on any atom is -0.494 e. The summed E-state index contributed by atoms with van der Waals surface area (Å²) in [5.74, 6) is 0.817. The average Bonchev–Trinajstić information content (AvgIpc) is 3.30. The van der Waals surface area contributed by atoms with Crippen LogP contribution in [0.3, 0.4) is 0 Å². The molecule has 1 fully saturated rings. The lowest BCUT2D eigenvalue weighted by atomic mass is 9.91. The predicted octanol–water partition coefficient (Wildman–Crippen LogP) is 1.41. The first-order chi connectivity index (χ1) is 17.6. The van der Waals surface area contributed by atoms with Gasteiger partial charge in [-0.15, -0.1) is 0 Å². The first-order valence-electron chi connectivity index (χ1n) is 12.4. The van der Waals surface area contributed by atoms with Gasteiger partial charge in [-0.2, -0.15) is 0 Å². The van der Waals surface area contributed by atoms with E-state index < -0.39 is 5.54 Å². The smallest absolute Gasteiger partial charge is 0.255 e. The zero-order valence-corrected chi connectivity index (χ0v) is 20.2. The molecule has 0 radical (unpaired) electrons. The second-order valence-electron chi connectivity index (χ2n) is 9.29. The van der Waals surface area contributed by atoms with Crippen LogP contribution in [0.2, 0.25) is 0 Å². The summed E-state index contributed by atoms with van der Waals surface area (Å²) in [6.45, 7) is 3.09. The predicted molar refractivity (Wildman–Crippen MR) is 132 cm³/mol.